The van der Waals surface area contributed by atoms with Crippen LogP contribution in [0.25, 0.3) is 11.1 Å². The molecule has 0 aliphatic carbocycles. The summed E-state index contributed by atoms with van der Waals surface area (Å²) >= 11 is 6.25. The van der Waals surface area contributed by atoms with E-state index in [0.717, 1.165) is 11.1 Å². The van der Waals surface area contributed by atoms with Gasteiger partial charge in [-0.2, -0.15) is 0 Å². The standard InChI is InChI=1S/C18H13ClN2O/c19-17-9-8-14(11-16(17)13-5-2-1-3-6-13)18(22)21-15-7-4-10-20-12-15/h1-12H,(H,21,22). The Balaban J connectivity index is 1.91. The molecule has 0 aliphatic heterocycles. The molecule has 0 bridgehead atoms. The van der Waals surface area contributed by atoms with Gasteiger partial charge in [-0.1, -0.05) is 41.9 Å². The van der Waals surface area contributed by atoms with E-state index < -0.39 is 0 Å². The summed E-state index contributed by atoms with van der Waals surface area (Å²) in [5, 5.41) is 3.43. The first-order valence-electron chi connectivity index (χ1n) is 6.80. The second-order valence-electron chi connectivity index (χ2n) is 4.76. The lowest BCUT2D eigenvalue weighted by Gasteiger charge is -2.09. The fourth-order valence-corrected chi connectivity index (χ4v) is 2.37. The molecule has 4 heteroatoms. The Labute approximate surface area is 133 Å². The highest BCUT2D eigenvalue weighted by atomic mass is 35.5. The first-order chi connectivity index (χ1) is 10.7. The van der Waals surface area contributed by atoms with Gasteiger partial charge in [0.25, 0.3) is 5.91 Å². The number of amides is 1. The molecule has 22 heavy (non-hydrogen) atoms. The fraction of sp³-hybridized carbons (Fsp3) is 0. The van der Waals surface area contributed by atoms with Crippen LogP contribution in [0.5, 0.6) is 0 Å². The maximum absolute atomic E-state index is 12.3. The molecule has 0 radical (unpaired) electrons. The summed E-state index contributed by atoms with van der Waals surface area (Å²) in [4.78, 5) is 16.3. The van der Waals surface area contributed by atoms with Gasteiger partial charge in [0.2, 0.25) is 0 Å². The van der Waals surface area contributed by atoms with Gasteiger partial charge in [-0.05, 0) is 35.9 Å². The van der Waals surface area contributed by atoms with E-state index in [1.165, 1.54) is 0 Å². The Hall–Kier alpha value is -2.65. The largest absolute Gasteiger partial charge is 0.321 e. The zero-order valence-corrected chi connectivity index (χ0v) is 12.4. The van der Waals surface area contributed by atoms with Crippen LogP contribution in [0.4, 0.5) is 5.69 Å². The number of aromatic nitrogens is 1. The Morgan fingerprint density at radius 1 is 1.00 bits per heavy atom. The SMILES string of the molecule is O=C(Nc1cccnc1)c1ccc(Cl)c(-c2ccccc2)c1. The highest BCUT2D eigenvalue weighted by Gasteiger charge is 2.10. The summed E-state index contributed by atoms with van der Waals surface area (Å²) in [5.74, 6) is -0.193. The van der Waals surface area contributed by atoms with Gasteiger partial charge < -0.3 is 5.32 Å². The zero-order chi connectivity index (χ0) is 15.4. The first-order valence-corrected chi connectivity index (χ1v) is 7.18. The molecule has 0 saturated carbocycles. The number of anilines is 1. The van der Waals surface area contributed by atoms with Gasteiger partial charge in [0.05, 0.1) is 11.9 Å². The van der Waals surface area contributed by atoms with Gasteiger partial charge in [0.15, 0.2) is 0 Å². The van der Waals surface area contributed by atoms with Crippen LogP contribution >= 0.6 is 11.6 Å². The van der Waals surface area contributed by atoms with E-state index in [4.69, 9.17) is 11.6 Å². The maximum atomic E-state index is 12.3. The lowest BCUT2D eigenvalue weighted by Crippen LogP contribution is -2.12. The van der Waals surface area contributed by atoms with Crippen LogP contribution in [0.1, 0.15) is 10.4 Å². The van der Waals surface area contributed by atoms with Gasteiger partial charge in [-0.3, -0.25) is 9.78 Å². The number of nitrogens with one attached hydrogen (secondary N) is 1. The fourth-order valence-electron chi connectivity index (χ4n) is 2.15. The lowest BCUT2D eigenvalue weighted by atomic mass is 10.0. The number of hydrogen-bond acceptors (Lipinski definition) is 2. The quantitative estimate of drug-likeness (QED) is 0.765. The Kier molecular flexibility index (Phi) is 4.17. The lowest BCUT2D eigenvalue weighted by molar-refractivity contribution is 0.102. The number of rotatable bonds is 3. The molecule has 108 valence electrons. The van der Waals surface area contributed by atoms with Crippen molar-refractivity contribution >= 4 is 23.2 Å². The highest BCUT2D eigenvalue weighted by Crippen LogP contribution is 2.28. The average Bonchev–Trinajstić information content (AvgIpc) is 2.57. The summed E-state index contributed by atoms with van der Waals surface area (Å²) in [6.45, 7) is 0. The summed E-state index contributed by atoms with van der Waals surface area (Å²) in [7, 11) is 0. The number of carbonyl (C=O) groups is 1. The van der Waals surface area contributed by atoms with Crippen LogP contribution in [0, 0.1) is 0 Å². The van der Waals surface area contributed by atoms with Crippen molar-refractivity contribution in [3.05, 3.63) is 83.6 Å². The van der Waals surface area contributed by atoms with Crippen LogP contribution in [-0.2, 0) is 0 Å². The number of hydrogen-bond donors (Lipinski definition) is 1. The molecule has 3 aromatic rings. The Bertz CT molecular complexity index is 789. The predicted molar refractivity (Wildman–Crippen MR) is 89.1 cm³/mol. The third-order valence-corrected chi connectivity index (χ3v) is 3.56. The van der Waals surface area contributed by atoms with E-state index in [0.29, 0.717) is 16.3 Å². The van der Waals surface area contributed by atoms with Crippen molar-refractivity contribution in [3.63, 3.8) is 0 Å². The molecular weight excluding hydrogens is 296 g/mol. The molecule has 1 aromatic heterocycles. The van der Waals surface area contributed by atoms with Gasteiger partial charge >= 0.3 is 0 Å². The van der Waals surface area contributed by atoms with Crippen LogP contribution in [0.15, 0.2) is 73.1 Å². The molecule has 0 aliphatic rings. The second kappa shape index (κ2) is 6.41. The minimum Gasteiger partial charge on any atom is -0.321 e. The third kappa shape index (κ3) is 3.15. The zero-order valence-electron chi connectivity index (χ0n) is 11.7. The number of carbonyl (C=O) groups excluding carboxylic acids is 1. The van der Waals surface area contributed by atoms with Crippen molar-refractivity contribution in [2.24, 2.45) is 0 Å². The minimum atomic E-state index is -0.193. The molecule has 1 amide bonds. The van der Waals surface area contributed by atoms with E-state index >= 15 is 0 Å². The van der Waals surface area contributed by atoms with E-state index in [2.05, 4.69) is 10.3 Å². The molecular formula is C18H13ClN2O. The molecule has 2 aromatic carbocycles. The molecule has 3 rings (SSSR count). The van der Waals surface area contributed by atoms with Crippen molar-refractivity contribution < 1.29 is 4.79 Å². The smallest absolute Gasteiger partial charge is 0.255 e. The van der Waals surface area contributed by atoms with Crippen LogP contribution < -0.4 is 5.32 Å². The topological polar surface area (TPSA) is 42.0 Å². The molecule has 0 saturated heterocycles. The third-order valence-electron chi connectivity index (χ3n) is 3.23. The van der Waals surface area contributed by atoms with E-state index in [9.17, 15) is 4.79 Å². The monoisotopic (exact) mass is 308 g/mol. The second-order valence-corrected chi connectivity index (χ2v) is 5.16. The molecule has 3 nitrogen and oxygen atoms in total. The number of halogens is 1. The van der Waals surface area contributed by atoms with Gasteiger partial charge in [0.1, 0.15) is 0 Å². The molecule has 0 spiro atoms. The molecule has 0 unspecified atom stereocenters. The average molecular weight is 309 g/mol. The van der Waals surface area contributed by atoms with Crippen LogP contribution in [0.3, 0.4) is 0 Å². The van der Waals surface area contributed by atoms with Gasteiger partial charge in [0, 0.05) is 22.3 Å². The van der Waals surface area contributed by atoms with E-state index in [1.54, 1.807) is 42.7 Å². The molecule has 1 heterocycles. The number of pyridine rings is 1. The van der Waals surface area contributed by atoms with Crippen molar-refractivity contribution in [2.45, 2.75) is 0 Å². The van der Waals surface area contributed by atoms with Gasteiger partial charge in [-0.25, -0.2) is 0 Å². The van der Waals surface area contributed by atoms with Gasteiger partial charge in [-0.15, -0.1) is 0 Å². The molecule has 1 N–H and O–H groups in total. The van der Waals surface area contributed by atoms with Crippen molar-refractivity contribution in [3.8, 4) is 11.1 Å². The number of benzene rings is 2. The summed E-state index contributed by atoms with van der Waals surface area (Å²) in [5.41, 5.74) is 3.01. The van der Waals surface area contributed by atoms with E-state index in [-0.39, 0.29) is 5.91 Å². The first kappa shape index (κ1) is 14.3. The molecule has 0 fully saturated rings. The molecule has 0 atom stereocenters. The summed E-state index contributed by atoms with van der Waals surface area (Å²) in [6, 6.07) is 18.5. The normalized spacial score (nSPS) is 10.2. The summed E-state index contributed by atoms with van der Waals surface area (Å²) < 4.78 is 0. The van der Waals surface area contributed by atoms with Crippen LogP contribution in [-0.4, -0.2) is 10.9 Å². The summed E-state index contributed by atoms with van der Waals surface area (Å²) in [6.07, 6.45) is 3.26. The van der Waals surface area contributed by atoms with Crippen molar-refractivity contribution in [1.82, 2.24) is 4.98 Å². The van der Waals surface area contributed by atoms with Crippen molar-refractivity contribution in [2.75, 3.05) is 5.32 Å². The Morgan fingerprint density at radius 2 is 1.82 bits per heavy atom. The Morgan fingerprint density at radius 3 is 2.55 bits per heavy atom. The van der Waals surface area contributed by atoms with E-state index in [1.807, 2.05) is 30.3 Å². The van der Waals surface area contributed by atoms with Crippen LogP contribution in [0.2, 0.25) is 5.02 Å². The maximum Gasteiger partial charge on any atom is 0.255 e. The van der Waals surface area contributed by atoms with Crippen molar-refractivity contribution in [1.29, 1.82) is 0 Å². The predicted octanol–water partition coefficient (Wildman–Crippen LogP) is 4.65. The minimum absolute atomic E-state index is 0.193. The number of nitrogens with zero attached hydrogens (tertiary/aromatic N) is 1. The highest BCUT2D eigenvalue weighted by molar-refractivity contribution is 6.33.